The maximum absolute atomic E-state index is 5.59. The lowest BCUT2D eigenvalue weighted by Gasteiger charge is -2.34. The number of hydrogen-bond donors (Lipinski definition) is 2. The van der Waals surface area contributed by atoms with Gasteiger partial charge in [-0.1, -0.05) is 27.7 Å². The van der Waals surface area contributed by atoms with E-state index >= 15 is 0 Å². The van der Waals surface area contributed by atoms with E-state index in [-0.39, 0.29) is 11.5 Å². The normalized spacial score (nSPS) is 19.3. The van der Waals surface area contributed by atoms with Crippen LogP contribution >= 0.6 is 0 Å². The smallest absolute Gasteiger partial charge is 0.191 e. The minimum Gasteiger partial charge on any atom is -0.379 e. The Hall–Kier alpha value is -0.850. The van der Waals surface area contributed by atoms with Crippen molar-refractivity contribution in [3.8, 4) is 0 Å². The van der Waals surface area contributed by atoms with Gasteiger partial charge in [0.15, 0.2) is 5.96 Å². The standard InChI is InChI=1S/C18H39N5O/c1-7-19-17(21-15-16(24-6)18(3,4)5)20-9-10-23-13-11-22(8-2)12-14-23/h16H,7-15H2,1-6H3,(H2,19,20,21). The van der Waals surface area contributed by atoms with Gasteiger partial charge in [0.05, 0.1) is 12.6 Å². The molecule has 2 N–H and O–H groups in total. The quantitative estimate of drug-likeness (QED) is 0.514. The van der Waals surface area contributed by atoms with Crippen LogP contribution in [0.25, 0.3) is 0 Å². The number of nitrogens with zero attached hydrogens (tertiary/aromatic N) is 3. The summed E-state index contributed by atoms with van der Waals surface area (Å²) >= 11 is 0. The van der Waals surface area contributed by atoms with E-state index in [9.17, 15) is 0 Å². The molecule has 0 bridgehead atoms. The van der Waals surface area contributed by atoms with Crippen molar-refractivity contribution in [2.45, 2.75) is 40.7 Å². The second-order valence-corrected chi connectivity index (χ2v) is 7.51. The fourth-order valence-corrected chi connectivity index (χ4v) is 2.88. The molecule has 1 rings (SSSR count). The molecule has 1 saturated heterocycles. The number of guanidine groups is 1. The lowest BCUT2D eigenvalue weighted by Crippen LogP contribution is -2.49. The van der Waals surface area contributed by atoms with Crippen LogP contribution in [0.3, 0.4) is 0 Å². The summed E-state index contributed by atoms with van der Waals surface area (Å²) in [7, 11) is 1.77. The highest BCUT2D eigenvalue weighted by Gasteiger charge is 2.24. The van der Waals surface area contributed by atoms with Crippen molar-refractivity contribution in [2.24, 2.45) is 10.4 Å². The van der Waals surface area contributed by atoms with Crippen LogP contribution in [-0.4, -0.2) is 87.9 Å². The van der Waals surface area contributed by atoms with Crippen LogP contribution in [0, 0.1) is 5.41 Å². The molecular formula is C18H39N5O. The van der Waals surface area contributed by atoms with E-state index in [4.69, 9.17) is 9.73 Å². The van der Waals surface area contributed by atoms with Gasteiger partial charge in [0.2, 0.25) is 0 Å². The number of aliphatic imine (C=N–C) groups is 1. The summed E-state index contributed by atoms with van der Waals surface area (Å²) in [5.74, 6) is 0.885. The number of methoxy groups -OCH3 is 1. The minimum absolute atomic E-state index is 0.0918. The number of rotatable bonds is 8. The number of nitrogens with one attached hydrogen (secondary N) is 2. The van der Waals surface area contributed by atoms with Crippen molar-refractivity contribution >= 4 is 5.96 Å². The van der Waals surface area contributed by atoms with Gasteiger partial charge in [-0.25, -0.2) is 0 Å². The lowest BCUT2D eigenvalue weighted by molar-refractivity contribution is 0.0241. The molecule has 0 saturated carbocycles. The van der Waals surface area contributed by atoms with Crippen molar-refractivity contribution in [1.29, 1.82) is 0 Å². The zero-order valence-corrected chi connectivity index (χ0v) is 16.7. The van der Waals surface area contributed by atoms with E-state index < -0.39 is 0 Å². The molecule has 24 heavy (non-hydrogen) atoms. The third kappa shape index (κ3) is 7.81. The van der Waals surface area contributed by atoms with E-state index in [0.29, 0.717) is 6.54 Å². The molecule has 0 aromatic heterocycles. The Morgan fingerprint density at radius 2 is 1.71 bits per heavy atom. The zero-order valence-electron chi connectivity index (χ0n) is 16.7. The van der Waals surface area contributed by atoms with Crippen molar-refractivity contribution < 1.29 is 4.74 Å². The molecule has 142 valence electrons. The summed E-state index contributed by atoms with van der Waals surface area (Å²) in [6, 6.07) is 0. The number of ether oxygens (including phenoxy) is 1. The number of hydrogen-bond acceptors (Lipinski definition) is 4. The maximum atomic E-state index is 5.59. The van der Waals surface area contributed by atoms with E-state index in [1.807, 2.05) is 0 Å². The number of likely N-dealkylation sites (N-methyl/N-ethyl adjacent to an activating group) is 1. The van der Waals surface area contributed by atoms with Crippen LogP contribution in [-0.2, 0) is 4.74 Å². The fraction of sp³-hybridized carbons (Fsp3) is 0.944. The van der Waals surface area contributed by atoms with Gasteiger partial charge in [-0.15, -0.1) is 0 Å². The van der Waals surface area contributed by atoms with Crippen LogP contribution < -0.4 is 10.6 Å². The summed E-state index contributed by atoms with van der Waals surface area (Å²) < 4.78 is 5.59. The highest BCUT2D eigenvalue weighted by molar-refractivity contribution is 5.79. The van der Waals surface area contributed by atoms with Crippen molar-refractivity contribution in [1.82, 2.24) is 20.4 Å². The van der Waals surface area contributed by atoms with Gasteiger partial charge in [-0.2, -0.15) is 0 Å². The molecule has 0 aromatic carbocycles. The molecule has 1 unspecified atom stereocenters. The van der Waals surface area contributed by atoms with E-state index in [1.54, 1.807) is 7.11 Å². The van der Waals surface area contributed by atoms with Crippen LogP contribution in [0.15, 0.2) is 4.99 Å². The molecular weight excluding hydrogens is 302 g/mol. The monoisotopic (exact) mass is 341 g/mol. The molecule has 0 aliphatic carbocycles. The Labute approximate surface area is 149 Å². The largest absolute Gasteiger partial charge is 0.379 e. The summed E-state index contributed by atoms with van der Waals surface area (Å²) in [5.41, 5.74) is 0.0918. The second-order valence-electron chi connectivity index (χ2n) is 7.51. The highest BCUT2D eigenvalue weighted by Crippen LogP contribution is 2.21. The van der Waals surface area contributed by atoms with Crippen molar-refractivity contribution in [2.75, 3.05) is 66.0 Å². The van der Waals surface area contributed by atoms with E-state index in [0.717, 1.165) is 32.1 Å². The van der Waals surface area contributed by atoms with E-state index in [2.05, 4.69) is 55.1 Å². The van der Waals surface area contributed by atoms with Crippen LogP contribution in [0.5, 0.6) is 0 Å². The Kier molecular flexibility index (Phi) is 9.63. The first-order valence-corrected chi connectivity index (χ1v) is 9.40. The van der Waals surface area contributed by atoms with Gasteiger partial charge in [0.1, 0.15) is 0 Å². The topological polar surface area (TPSA) is 52.1 Å². The molecule has 1 heterocycles. The van der Waals surface area contributed by atoms with Gasteiger partial charge < -0.3 is 20.3 Å². The molecule has 1 atom stereocenters. The zero-order chi connectivity index (χ0) is 18.0. The van der Waals surface area contributed by atoms with Gasteiger partial charge in [-0.05, 0) is 18.9 Å². The first-order chi connectivity index (χ1) is 11.4. The Bertz CT molecular complexity index is 359. The van der Waals surface area contributed by atoms with Gasteiger partial charge in [0, 0.05) is 52.9 Å². The molecule has 1 aliphatic rings. The molecule has 1 aliphatic heterocycles. The molecule has 0 radical (unpaired) electrons. The average Bonchev–Trinajstić information content (AvgIpc) is 2.54. The van der Waals surface area contributed by atoms with Gasteiger partial charge in [0.25, 0.3) is 0 Å². The first kappa shape index (κ1) is 21.2. The Morgan fingerprint density at radius 3 is 2.21 bits per heavy atom. The molecule has 6 heteroatoms. The summed E-state index contributed by atoms with van der Waals surface area (Å²) in [5, 5.41) is 6.78. The fourth-order valence-electron chi connectivity index (χ4n) is 2.88. The predicted octanol–water partition coefficient (Wildman–Crippen LogP) is 1.24. The maximum Gasteiger partial charge on any atom is 0.191 e. The molecule has 0 spiro atoms. The predicted molar refractivity (Wildman–Crippen MR) is 103 cm³/mol. The van der Waals surface area contributed by atoms with Crippen molar-refractivity contribution in [3.05, 3.63) is 0 Å². The number of piperazine rings is 1. The van der Waals surface area contributed by atoms with Crippen LogP contribution in [0.4, 0.5) is 0 Å². The molecule has 0 aromatic rings. The molecule has 6 nitrogen and oxygen atoms in total. The summed E-state index contributed by atoms with van der Waals surface area (Å²) in [4.78, 5) is 9.73. The summed E-state index contributed by atoms with van der Waals surface area (Å²) in [6.45, 7) is 20.3. The van der Waals surface area contributed by atoms with Gasteiger partial charge >= 0.3 is 0 Å². The van der Waals surface area contributed by atoms with Crippen molar-refractivity contribution in [3.63, 3.8) is 0 Å². The minimum atomic E-state index is 0.0918. The lowest BCUT2D eigenvalue weighted by atomic mass is 9.89. The Morgan fingerprint density at radius 1 is 1.08 bits per heavy atom. The van der Waals surface area contributed by atoms with Crippen LogP contribution in [0.1, 0.15) is 34.6 Å². The second kappa shape index (κ2) is 10.9. The first-order valence-electron chi connectivity index (χ1n) is 9.40. The average molecular weight is 342 g/mol. The highest BCUT2D eigenvalue weighted by atomic mass is 16.5. The molecule has 1 fully saturated rings. The van der Waals surface area contributed by atoms with Gasteiger partial charge in [-0.3, -0.25) is 9.89 Å². The third-order valence-electron chi connectivity index (χ3n) is 4.64. The Balaban J connectivity index is 2.38. The van der Waals surface area contributed by atoms with Crippen LogP contribution in [0.2, 0.25) is 0 Å². The summed E-state index contributed by atoms with van der Waals surface area (Å²) in [6.07, 6.45) is 0.120. The molecule has 0 amide bonds. The third-order valence-corrected chi connectivity index (χ3v) is 4.64. The SMILES string of the molecule is CCNC(=NCC(OC)C(C)(C)C)NCCN1CCN(CC)CC1. The van der Waals surface area contributed by atoms with E-state index in [1.165, 1.54) is 26.2 Å².